The number of para-hydroxylation sites is 2. The first-order chi connectivity index (χ1) is 28.6. The lowest BCUT2D eigenvalue weighted by molar-refractivity contribution is -0.438. The normalized spacial score (nSPS) is 21.8. The van der Waals surface area contributed by atoms with Crippen molar-refractivity contribution in [3.05, 3.63) is 141 Å². The number of carbonyl (C=O) groups excluding carboxylic acids is 2. The predicted molar refractivity (Wildman–Crippen MR) is 238 cm³/mol. The van der Waals surface area contributed by atoms with E-state index in [4.69, 9.17) is 0 Å². The summed E-state index contributed by atoms with van der Waals surface area (Å²) in [6, 6.07) is 22.6. The third-order valence-electron chi connectivity index (χ3n) is 13.8. The smallest absolute Gasteiger partial charge is 0.209 e. The Bertz CT molecular complexity index is 2580. The minimum Gasteiger partial charge on any atom is -0.871 e. The molecule has 3 aromatic carbocycles. The second-order valence-electron chi connectivity index (χ2n) is 18.7. The largest absolute Gasteiger partial charge is 0.871 e. The lowest BCUT2D eigenvalue weighted by Gasteiger charge is -2.33. The van der Waals surface area contributed by atoms with E-state index in [9.17, 15) is 19.8 Å². The maximum atomic E-state index is 14.0. The summed E-state index contributed by atoms with van der Waals surface area (Å²) in [5.41, 5.74) is 9.55. The first kappa shape index (κ1) is 41.2. The van der Waals surface area contributed by atoms with E-state index >= 15 is 0 Å². The summed E-state index contributed by atoms with van der Waals surface area (Å²) >= 11 is 0. The maximum absolute atomic E-state index is 14.0. The standard InChI is InChI=1S/C53H59N3O4/c1-10-13-26-54-40-22-18-16-20-37(40)51(4,5)43(54)30-34-47(57)35(48(34)58)31-45-53(8,9)39-29-33(24-25-42(39)56(45)28-15-12-3)46-49(59)36(50(46)60)32-44-52(6,7)38-21-17-19-23-41(38)55(44)27-14-11-2/h16-25,29-32H,10-15,26-28H2,1-9H3. The van der Waals surface area contributed by atoms with Crippen molar-refractivity contribution < 1.29 is 29.0 Å². The number of benzene rings is 3. The number of hydrogen-bond acceptors (Lipinski definition) is 5. The van der Waals surface area contributed by atoms with Crippen LogP contribution in [0.3, 0.4) is 0 Å². The van der Waals surface area contributed by atoms with Crippen molar-refractivity contribution in [3.8, 4) is 0 Å². The Morgan fingerprint density at radius 3 is 1.75 bits per heavy atom. The number of rotatable bonds is 13. The summed E-state index contributed by atoms with van der Waals surface area (Å²) in [7, 11) is 0. The molecule has 0 saturated heterocycles. The molecule has 0 aromatic heterocycles. The predicted octanol–water partition coefficient (Wildman–Crippen LogP) is 8.93. The van der Waals surface area contributed by atoms with Crippen LogP contribution in [0.2, 0.25) is 0 Å². The lowest BCUT2D eigenvalue weighted by atomic mass is 9.75. The van der Waals surface area contributed by atoms with E-state index < -0.39 is 5.41 Å². The van der Waals surface area contributed by atoms with Gasteiger partial charge in [0.25, 0.3) is 0 Å². The van der Waals surface area contributed by atoms with Crippen LogP contribution >= 0.6 is 0 Å². The Balaban J connectivity index is 1.14. The Morgan fingerprint density at radius 2 is 1.15 bits per heavy atom. The molecule has 7 heteroatoms. The number of nitrogens with zero attached hydrogens (tertiary/aromatic N) is 3. The number of anilines is 1. The van der Waals surface area contributed by atoms with Crippen LogP contribution in [0, 0.1) is 0 Å². The van der Waals surface area contributed by atoms with E-state index in [2.05, 4.69) is 101 Å². The highest BCUT2D eigenvalue weighted by molar-refractivity contribution is 6.40. The summed E-state index contributed by atoms with van der Waals surface area (Å²) in [6.07, 6.45) is 11.4. The molecule has 2 aliphatic carbocycles. The van der Waals surface area contributed by atoms with E-state index in [0.29, 0.717) is 12.1 Å². The quantitative estimate of drug-likeness (QED) is 0.127. The number of ketones is 2. The Morgan fingerprint density at radius 1 is 0.600 bits per heavy atom. The molecule has 0 N–H and O–H groups in total. The number of hydrogen-bond donors (Lipinski definition) is 0. The van der Waals surface area contributed by atoms with Crippen LogP contribution < -0.4 is 15.1 Å². The van der Waals surface area contributed by atoms with Gasteiger partial charge < -0.3 is 15.1 Å². The number of fused-ring (bicyclic) bond motifs is 3. The van der Waals surface area contributed by atoms with Crippen molar-refractivity contribution in [2.45, 2.75) is 117 Å². The number of allylic oxidation sites excluding steroid dienone is 8. The summed E-state index contributed by atoms with van der Waals surface area (Å²) < 4.78 is 4.50. The van der Waals surface area contributed by atoms with Gasteiger partial charge in [-0.2, -0.15) is 9.15 Å². The molecule has 3 aromatic rings. The summed E-state index contributed by atoms with van der Waals surface area (Å²) in [4.78, 5) is 30.3. The van der Waals surface area contributed by atoms with Gasteiger partial charge in [0.05, 0.1) is 10.8 Å². The van der Waals surface area contributed by atoms with Gasteiger partial charge in [0.15, 0.2) is 23.0 Å². The SMILES string of the molecule is CCCCN1/C(=C/C2=C([O-])C(=C/C3=[N+](CCCC)c4ccc(C5=C([O-])/C(=C/C6=[N+](CCCC)c7ccccc7C6(C)C)C5=O)cc4C3(C)C)/C2=O)C(C)(C)c2ccccc21. The second-order valence-corrected chi connectivity index (χ2v) is 18.7. The minimum absolute atomic E-state index is 0.198. The van der Waals surface area contributed by atoms with Crippen LogP contribution in [-0.2, 0) is 25.8 Å². The molecule has 0 atom stereocenters. The average Bonchev–Trinajstić information content (AvgIpc) is 3.68. The summed E-state index contributed by atoms with van der Waals surface area (Å²) in [5, 5.41) is 28.1. The van der Waals surface area contributed by atoms with Crippen molar-refractivity contribution in [2.24, 2.45) is 0 Å². The van der Waals surface area contributed by atoms with Crippen molar-refractivity contribution in [2.75, 3.05) is 24.5 Å². The molecule has 0 saturated carbocycles. The maximum Gasteiger partial charge on any atom is 0.209 e. The fourth-order valence-electron chi connectivity index (χ4n) is 10.1. The van der Waals surface area contributed by atoms with Crippen molar-refractivity contribution in [1.29, 1.82) is 0 Å². The van der Waals surface area contributed by atoms with Crippen LogP contribution in [0.4, 0.5) is 17.1 Å². The average molecular weight is 802 g/mol. The first-order valence-electron chi connectivity index (χ1n) is 22.1. The van der Waals surface area contributed by atoms with Gasteiger partial charge in [0.2, 0.25) is 11.4 Å². The third kappa shape index (κ3) is 6.21. The van der Waals surface area contributed by atoms with Crippen molar-refractivity contribution in [3.63, 3.8) is 0 Å². The second kappa shape index (κ2) is 15.2. The molecule has 8 rings (SSSR count). The minimum atomic E-state index is -0.614. The van der Waals surface area contributed by atoms with Gasteiger partial charge in [0.1, 0.15) is 13.1 Å². The van der Waals surface area contributed by atoms with Crippen LogP contribution in [0.25, 0.3) is 5.57 Å². The van der Waals surface area contributed by atoms with Gasteiger partial charge in [-0.15, -0.1) is 0 Å². The monoisotopic (exact) mass is 801 g/mol. The molecule has 0 amide bonds. The zero-order valence-electron chi connectivity index (χ0n) is 36.9. The van der Waals surface area contributed by atoms with Gasteiger partial charge in [0, 0.05) is 93.9 Å². The van der Waals surface area contributed by atoms with Crippen molar-refractivity contribution >= 4 is 45.6 Å². The molecular weight excluding hydrogens is 743 g/mol. The molecule has 0 unspecified atom stereocenters. The fourth-order valence-corrected chi connectivity index (χ4v) is 10.1. The van der Waals surface area contributed by atoms with E-state index in [1.165, 1.54) is 11.1 Å². The number of Topliss-reactive ketones (excluding diaryl/α,β-unsaturated/α-hetero) is 2. The lowest BCUT2D eigenvalue weighted by Crippen LogP contribution is -2.35. The van der Waals surface area contributed by atoms with Gasteiger partial charge in [-0.25, -0.2) is 0 Å². The summed E-state index contributed by atoms with van der Waals surface area (Å²) in [6.45, 7) is 21.7. The molecule has 60 heavy (non-hydrogen) atoms. The first-order valence-corrected chi connectivity index (χ1v) is 22.1. The van der Waals surface area contributed by atoms with Crippen molar-refractivity contribution in [1.82, 2.24) is 0 Å². The fraction of sp³-hybridized carbons (Fsp3) is 0.396. The summed E-state index contributed by atoms with van der Waals surface area (Å²) in [5.74, 6) is -0.927. The van der Waals surface area contributed by atoms with Crippen LogP contribution in [-0.4, -0.2) is 51.8 Å². The molecule has 7 nitrogen and oxygen atoms in total. The molecule has 0 radical (unpaired) electrons. The molecule has 3 heterocycles. The molecule has 310 valence electrons. The number of unbranched alkanes of at least 4 members (excludes halogenated alkanes) is 3. The third-order valence-corrected chi connectivity index (χ3v) is 13.8. The van der Waals surface area contributed by atoms with Crippen LogP contribution in [0.15, 0.2) is 119 Å². The van der Waals surface area contributed by atoms with E-state index in [1.807, 2.05) is 60.7 Å². The van der Waals surface area contributed by atoms with Gasteiger partial charge in [-0.3, -0.25) is 9.59 Å². The highest BCUT2D eigenvalue weighted by Crippen LogP contribution is 2.50. The highest BCUT2D eigenvalue weighted by atomic mass is 16.3. The van der Waals surface area contributed by atoms with Gasteiger partial charge >= 0.3 is 0 Å². The van der Waals surface area contributed by atoms with Crippen LogP contribution in [0.1, 0.15) is 123 Å². The number of carbonyl (C=O) groups is 2. The Kier molecular flexibility index (Phi) is 10.4. The topological polar surface area (TPSA) is 89.5 Å². The van der Waals surface area contributed by atoms with E-state index in [1.54, 1.807) is 0 Å². The Hall–Kier alpha value is -5.56. The zero-order valence-corrected chi connectivity index (χ0v) is 36.9. The molecule has 0 spiro atoms. The van der Waals surface area contributed by atoms with Gasteiger partial charge in [-0.05, 0) is 69.5 Å². The van der Waals surface area contributed by atoms with Gasteiger partial charge in [-0.1, -0.05) is 102 Å². The molecule has 3 aliphatic heterocycles. The van der Waals surface area contributed by atoms with E-state index in [0.717, 1.165) is 91.4 Å². The van der Waals surface area contributed by atoms with Crippen LogP contribution in [0.5, 0.6) is 0 Å². The molecule has 0 bridgehead atoms. The zero-order chi connectivity index (χ0) is 42.9. The molecular formula is C53H59N3O4. The van der Waals surface area contributed by atoms with E-state index in [-0.39, 0.29) is 56.2 Å². The Labute approximate surface area is 356 Å². The molecule has 5 aliphatic rings. The molecule has 0 fully saturated rings. The highest BCUT2D eigenvalue weighted by Gasteiger charge is 2.48.